The zero-order valence-corrected chi connectivity index (χ0v) is 18.4. The van der Waals surface area contributed by atoms with Gasteiger partial charge in [0.1, 0.15) is 23.4 Å². The molecule has 2 heterocycles. The normalized spacial score (nSPS) is 11.5. The molecule has 1 N–H and O–H groups in total. The molecule has 3 aromatic rings. The molecular weight excluding hydrogens is 437 g/mol. The second kappa shape index (κ2) is 9.83. The molecule has 1 aromatic carbocycles. The zero-order valence-electron chi connectivity index (χ0n) is 18.4. The number of furan rings is 1. The third-order valence-corrected chi connectivity index (χ3v) is 5.15. The molecule has 0 atom stereocenters. The van der Waals surface area contributed by atoms with Crippen LogP contribution in [0, 0.1) is 25.2 Å². The summed E-state index contributed by atoms with van der Waals surface area (Å²) in [5, 5.41) is 12.4. The van der Waals surface area contributed by atoms with E-state index in [0.717, 1.165) is 11.3 Å². The van der Waals surface area contributed by atoms with Gasteiger partial charge in [-0.1, -0.05) is 18.2 Å². The van der Waals surface area contributed by atoms with Crippen molar-refractivity contribution in [2.45, 2.75) is 33.3 Å². The quantitative estimate of drug-likeness (QED) is 0.532. The van der Waals surface area contributed by atoms with Crippen LogP contribution in [0.2, 0.25) is 0 Å². The third kappa shape index (κ3) is 5.96. The molecule has 0 aliphatic carbocycles. The highest BCUT2D eigenvalue weighted by molar-refractivity contribution is 5.93. The highest BCUT2D eigenvalue weighted by atomic mass is 19.4. The molecule has 0 aliphatic heterocycles. The van der Waals surface area contributed by atoms with Crippen LogP contribution in [0.5, 0.6) is 5.75 Å². The molecule has 33 heavy (non-hydrogen) atoms. The van der Waals surface area contributed by atoms with Crippen LogP contribution in [0.3, 0.4) is 0 Å². The van der Waals surface area contributed by atoms with E-state index in [1.165, 1.54) is 18.2 Å². The summed E-state index contributed by atoms with van der Waals surface area (Å²) in [7, 11) is 1.60. The molecule has 0 spiro atoms. The summed E-state index contributed by atoms with van der Waals surface area (Å²) in [5.41, 5.74) is 2.19. The summed E-state index contributed by atoms with van der Waals surface area (Å²) in [5.74, 6) is 0.276. The predicted octanol–water partition coefficient (Wildman–Crippen LogP) is 4.59. The Morgan fingerprint density at radius 3 is 2.61 bits per heavy atom. The van der Waals surface area contributed by atoms with Gasteiger partial charge >= 0.3 is 6.36 Å². The number of amides is 1. The molecule has 0 unspecified atom stereocenters. The van der Waals surface area contributed by atoms with Gasteiger partial charge in [-0.2, -0.15) is 5.26 Å². The largest absolute Gasteiger partial charge is 0.573 e. The second-order valence-electron chi connectivity index (χ2n) is 7.59. The van der Waals surface area contributed by atoms with Gasteiger partial charge in [-0.05, 0) is 44.7 Å². The number of ether oxygens (including phenoxy) is 1. The number of nitriles is 1. The number of alkyl halides is 3. The van der Waals surface area contributed by atoms with Crippen molar-refractivity contribution in [3.05, 3.63) is 70.8 Å². The minimum absolute atomic E-state index is 0.0518. The monoisotopic (exact) mass is 460 g/mol. The van der Waals surface area contributed by atoms with E-state index in [1.54, 1.807) is 47.9 Å². The number of hydrogen-bond acceptors (Lipinski definition) is 5. The van der Waals surface area contributed by atoms with E-state index in [4.69, 9.17) is 4.42 Å². The van der Waals surface area contributed by atoms with Crippen molar-refractivity contribution in [3.8, 4) is 11.8 Å². The van der Waals surface area contributed by atoms with Crippen molar-refractivity contribution in [1.29, 1.82) is 5.26 Å². The van der Waals surface area contributed by atoms with E-state index < -0.39 is 12.3 Å². The molecular formula is C23H23F3N4O3. The summed E-state index contributed by atoms with van der Waals surface area (Å²) >= 11 is 0. The van der Waals surface area contributed by atoms with E-state index in [0.29, 0.717) is 23.7 Å². The van der Waals surface area contributed by atoms with E-state index in [-0.39, 0.29) is 24.4 Å². The maximum Gasteiger partial charge on any atom is 0.573 e. The van der Waals surface area contributed by atoms with Gasteiger partial charge in [0.15, 0.2) is 0 Å². The van der Waals surface area contributed by atoms with Gasteiger partial charge < -0.3 is 19.0 Å². The Hall–Kier alpha value is -3.71. The standard InChI is InChI=1S/C23H23F3N4O3/c1-15-16(2)30(13-18-8-6-10-32-18)22(19(15)11-27)28-21(31)14-29(3)12-17-7-4-5-9-20(17)33-23(24,25)26/h4-10H,12-14H2,1-3H3,(H,28,31). The molecule has 0 aliphatic rings. The molecule has 0 radical (unpaired) electrons. The second-order valence-corrected chi connectivity index (χ2v) is 7.59. The first kappa shape index (κ1) is 23.9. The lowest BCUT2D eigenvalue weighted by Gasteiger charge is -2.19. The molecule has 0 saturated heterocycles. The van der Waals surface area contributed by atoms with Crippen molar-refractivity contribution in [2.24, 2.45) is 0 Å². The van der Waals surface area contributed by atoms with Crippen molar-refractivity contribution in [2.75, 3.05) is 18.9 Å². The number of benzene rings is 1. The number of aromatic nitrogens is 1. The minimum Gasteiger partial charge on any atom is -0.467 e. The lowest BCUT2D eigenvalue weighted by Crippen LogP contribution is -2.31. The van der Waals surface area contributed by atoms with E-state index in [1.807, 2.05) is 6.92 Å². The SMILES string of the molecule is Cc1c(C#N)c(NC(=O)CN(C)Cc2ccccc2OC(F)(F)F)n(Cc2ccco2)c1C. The van der Waals surface area contributed by atoms with Crippen molar-refractivity contribution >= 4 is 11.7 Å². The Labute approximate surface area is 189 Å². The van der Waals surface area contributed by atoms with Crippen LogP contribution in [-0.2, 0) is 17.9 Å². The first-order valence-electron chi connectivity index (χ1n) is 10.0. The Morgan fingerprint density at radius 1 is 1.24 bits per heavy atom. The zero-order chi connectivity index (χ0) is 24.2. The number of likely N-dealkylation sites (N-methyl/N-ethyl adjacent to an activating group) is 1. The van der Waals surface area contributed by atoms with Crippen LogP contribution < -0.4 is 10.1 Å². The lowest BCUT2D eigenvalue weighted by molar-refractivity contribution is -0.275. The topological polar surface area (TPSA) is 83.4 Å². The fourth-order valence-corrected chi connectivity index (χ4v) is 3.51. The number of hydrogen-bond donors (Lipinski definition) is 1. The molecule has 174 valence electrons. The van der Waals surface area contributed by atoms with Crippen LogP contribution in [0.1, 0.15) is 28.1 Å². The van der Waals surface area contributed by atoms with Crippen LogP contribution in [0.25, 0.3) is 0 Å². The van der Waals surface area contributed by atoms with Gasteiger partial charge in [-0.25, -0.2) is 0 Å². The molecule has 0 fully saturated rings. The average Bonchev–Trinajstić information content (AvgIpc) is 3.31. The highest BCUT2D eigenvalue weighted by Gasteiger charge is 2.32. The first-order valence-corrected chi connectivity index (χ1v) is 10.0. The number of nitrogens with zero attached hydrogens (tertiary/aromatic N) is 3. The molecule has 7 nitrogen and oxygen atoms in total. The van der Waals surface area contributed by atoms with Gasteiger partial charge in [0, 0.05) is 17.8 Å². The Kier molecular flexibility index (Phi) is 7.13. The maximum atomic E-state index is 12.8. The number of para-hydroxylation sites is 1. The summed E-state index contributed by atoms with van der Waals surface area (Å²) in [4.78, 5) is 14.3. The molecule has 1 amide bonds. The average molecular weight is 460 g/mol. The fraction of sp³-hybridized carbons (Fsp3) is 0.304. The highest BCUT2D eigenvalue weighted by Crippen LogP contribution is 2.28. The van der Waals surface area contributed by atoms with Crippen LogP contribution >= 0.6 is 0 Å². The smallest absolute Gasteiger partial charge is 0.467 e. The van der Waals surface area contributed by atoms with Gasteiger partial charge in [0.05, 0.1) is 24.9 Å². The Morgan fingerprint density at radius 2 is 1.97 bits per heavy atom. The van der Waals surface area contributed by atoms with Crippen molar-refractivity contribution in [1.82, 2.24) is 9.47 Å². The first-order chi connectivity index (χ1) is 15.6. The van der Waals surface area contributed by atoms with Crippen molar-refractivity contribution in [3.63, 3.8) is 0 Å². The lowest BCUT2D eigenvalue weighted by atomic mass is 10.2. The van der Waals surface area contributed by atoms with Gasteiger partial charge in [-0.3, -0.25) is 9.69 Å². The van der Waals surface area contributed by atoms with Crippen LogP contribution in [0.4, 0.5) is 19.0 Å². The van der Waals surface area contributed by atoms with Crippen molar-refractivity contribution < 1.29 is 27.1 Å². The van der Waals surface area contributed by atoms with Gasteiger partial charge in [-0.15, -0.1) is 13.2 Å². The molecule has 3 rings (SSSR count). The van der Waals surface area contributed by atoms with E-state index in [2.05, 4.69) is 16.1 Å². The minimum atomic E-state index is -4.81. The number of nitrogens with one attached hydrogen (secondary N) is 1. The number of halogens is 3. The van der Waals surface area contributed by atoms with Crippen LogP contribution in [0.15, 0.2) is 47.1 Å². The molecule has 0 bridgehead atoms. The number of rotatable bonds is 8. The molecule has 2 aromatic heterocycles. The number of anilines is 1. The fourth-order valence-electron chi connectivity index (χ4n) is 3.51. The summed E-state index contributed by atoms with van der Waals surface area (Å²) in [6.45, 7) is 3.91. The van der Waals surface area contributed by atoms with E-state index in [9.17, 15) is 23.2 Å². The molecule has 10 heteroatoms. The number of carbonyl (C=O) groups excluding carboxylic acids is 1. The Bertz CT molecular complexity index is 1160. The van der Waals surface area contributed by atoms with E-state index >= 15 is 0 Å². The van der Waals surface area contributed by atoms with Gasteiger partial charge in [0.25, 0.3) is 0 Å². The third-order valence-electron chi connectivity index (χ3n) is 5.15. The predicted molar refractivity (Wildman–Crippen MR) is 115 cm³/mol. The maximum absolute atomic E-state index is 12.8. The molecule has 0 saturated carbocycles. The summed E-state index contributed by atoms with van der Waals surface area (Å²) in [6, 6.07) is 11.4. The Balaban J connectivity index is 1.74. The summed E-state index contributed by atoms with van der Waals surface area (Å²) in [6.07, 6.45) is -3.27. The number of carbonyl (C=O) groups is 1. The van der Waals surface area contributed by atoms with Crippen LogP contribution in [-0.4, -0.2) is 35.3 Å². The van der Waals surface area contributed by atoms with Gasteiger partial charge in [0.2, 0.25) is 5.91 Å². The summed E-state index contributed by atoms with van der Waals surface area (Å²) < 4.78 is 49.2.